The van der Waals surface area contributed by atoms with E-state index in [1.807, 2.05) is 0 Å². The van der Waals surface area contributed by atoms with Gasteiger partial charge in [0.2, 0.25) is 11.8 Å². The molecule has 3 rings (SSSR count). The molecule has 1 saturated carbocycles. The smallest absolute Gasteiger partial charge is 0.247 e. The first-order valence-corrected chi connectivity index (χ1v) is 6.82. The van der Waals surface area contributed by atoms with Crippen LogP contribution in [0.2, 0.25) is 0 Å². The van der Waals surface area contributed by atoms with Crippen molar-refractivity contribution >= 4 is 15.9 Å². The maximum atomic E-state index is 13.4. The summed E-state index contributed by atoms with van der Waals surface area (Å²) >= 11 is 3.12. The van der Waals surface area contributed by atoms with Gasteiger partial charge in [-0.25, -0.2) is 4.39 Å². The predicted molar refractivity (Wildman–Crippen MR) is 68.6 cm³/mol. The van der Waals surface area contributed by atoms with E-state index in [0.29, 0.717) is 27.7 Å². The van der Waals surface area contributed by atoms with Gasteiger partial charge < -0.3 is 4.42 Å². The molecule has 1 aromatic heterocycles. The maximum absolute atomic E-state index is 13.4. The summed E-state index contributed by atoms with van der Waals surface area (Å²) in [7, 11) is 0. The molecule has 18 heavy (non-hydrogen) atoms. The van der Waals surface area contributed by atoms with Gasteiger partial charge in [-0.1, -0.05) is 12.8 Å². The van der Waals surface area contributed by atoms with Crippen LogP contribution < -0.4 is 0 Å². The Labute approximate surface area is 113 Å². The largest absolute Gasteiger partial charge is 0.420 e. The van der Waals surface area contributed by atoms with Crippen LogP contribution in [0, 0.1) is 5.82 Å². The third-order valence-corrected chi connectivity index (χ3v) is 3.95. The lowest BCUT2D eigenvalue weighted by Gasteiger charge is -2.01. The third kappa shape index (κ3) is 2.19. The van der Waals surface area contributed by atoms with Crippen molar-refractivity contribution < 1.29 is 8.81 Å². The van der Waals surface area contributed by atoms with E-state index in [1.165, 1.54) is 18.9 Å². The molecule has 0 bridgehead atoms. The first-order chi connectivity index (χ1) is 8.74. The topological polar surface area (TPSA) is 38.9 Å². The van der Waals surface area contributed by atoms with Crippen LogP contribution >= 0.6 is 15.9 Å². The zero-order valence-corrected chi connectivity index (χ0v) is 11.3. The van der Waals surface area contributed by atoms with Gasteiger partial charge in [0.1, 0.15) is 5.82 Å². The fourth-order valence-corrected chi connectivity index (χ4v) is 2.56. The highest BCUT2D eigenvalue weighted by Crippen LogP contribution is 2.34. The lowest BCUT2D eigenvalue weighted by atomic mass is 10.1. The summed E-state index contributed by atoms with van der Waals surface area (Å²) < 4.78 is 19.5. The molecule has 5 heteroatoms. The molecule has 0 aliphatic heterocycles. The first kappa shape index (κ1) is 11.8. The predicted octanol–water partition coefficient (Wildman–Crippen LogP) is 4.30. The van der Waals surface area contributed by atoms with Crippen molar-refractivity contribution in [1.82, 2.24) is 10.2 Å². The molecule has 2 aromatic rings. The van der Waals surface area contributed by atoms with Gasteiger partial charge in [-0.15, -0.1) is 10.2 Å². The van der Waals surface area contributed by atoms with Crippen LogP contribution in [0.4, 0.5) is 4.39 Å². The molecule has 3 nitrogen and oxygen atoms in total. The highest BCUT2D eigenvalue weighted by atomic mass is 79.9. The quantitative estimate of drug-likeness (QED) is 0.830. The van der Waals surface area contributed by atoms with E-state index in [4.69, 9.17) is 4.42 Å². The van der Waals surface area contributed by atoms with Crippen molar-refractivity contribution in [3.8, 4) is 11.5 Å². The van der Waals surface area contributed by atoms with Crippen LogP contribution in [-0.2, 0) is 0 Å². The van der Waals surface area contributed by atoms with Crippen LogP contribution in [0.1, 0.15) is 37.5 Å². The average molecular weight is 311 g/mol. The molecular formula is C13H12BrFN2O. The van der Waals surface area contributed by atoms with E-state index in [2.05, 4.69) is 26.1 Å². The molecule has 0 atom stereocenters. The minimum atomic E-state index is -0.326. The molecule has 0 amide bonds. The molecule has 1 fully saturated rings. The van der Waals surface area contributed by atoms with Crippen LogP contribution in [-0.4, -0.2) is 10.2 Å². The minimum absolute atomic E-state index is 0.326. The zero-order chi connectivity index (χ0) is 12.5. The van der Waals surface area contributed by atoms with Gasteiger partial charge in [0.25, 0.3) is 0 Å². The fraction of sp³-hybridized carbons (Fsp3) is 0.385. The molecule has 1 aliphatic carbocycles. The summed E-state index contributed by atoms with van der Waals surface area (Å²) in [5, 5.41) is 8.08. The molecule has 0 radical (unpaired) electrons. The number of benzene rings is 1. The molecule has 0 N–H and O–H groups in total. The number of rotatable bonds is 2. The lowest BCUT2D eigenvalue weighted by molar-refractivity contribution is 0.457. The van der Waals surface area contributed by atoms with Crippen LogP contribution in [0.5, 0.6) is 0 Å². The Balaban J connectivity index is 1.89. The molecular weight excluding hydrogens is 299 g/mol. The Hall–Kier alpha value is -1.23. The third-order valence-electron chi connectivity index (χ3n) is 3.31. The average Bonchev–Trinajstić information content (AvgIpc) is 3.01. The van der Waals surface area contributed by atoms with Gasteiger partial charge in [-0.05, 0) is 47.0 Å². The normalized spacial score (nSPS) is 16.3. The highest BCUT2D eigenvalue weighted by Gasteiger charge is 2.23. The van der Waals surface area contributed by atoms with Crippen molar-refractivity contribution in [2.45, 2.75) is 31.6 Å². The summed E-state index contributed by atoms with van der Waals surface area (Å²) in [5.41, 5.74) is 0.618. The fourth-order valence-electron chi connectivity index (χ4n) is 2.32. The van der Waals surface area contributed by atoms with Gasteiger partial charge in [0.15, 0.2) is 0 Å². The summed E-state index contributed by atoms with van der Waals surface area (Å²) in [6, 6.07) is 4.80. The molecule has 0 unspecified atom stereocenters. The molecule has 0 spiro atoms. The summed E-state index contributed by atoms with van der Waals surface area (Å²) in [5.74, 6) is 1.13. The lowest BCUT2D eigenvalue weighted by Crippen LogP contribution is -1.91. The molecule has 0 saturated heterocycles. The highest BCUT2D eigenvalue weighted by molar-refractivity contribution is 9.10. The van der Waals surface area contributed by atoms with E-state index in [-0.39, 0.29) is 5.82 Å². The van der Waals surface area contributed by atoms with E-state index in [0.717, 1.165) is 12.8 Å². The Kier molecular flexibility index (Phi) is 3.16. The monoisotopic (exact) mass is 310 g/mol. The van der Waals surface area contributed by atoms with Crippen molar-refractivity contribution in [2.75, 3.05) is 0 Å². The summed E-state index contributed by atoms with van der Waals surface area (Å²) in [4.78, 5) is 0. The van der Waals surface area contributed by atoms with E-state index >= 15 is 0 Å². The van der Waals surface area contributed by atoms with E-state index in [9.17, 15) is 4.39 Å². The molecule has 1 heterocycles. The number of hydrogen-bond acceptors (Lipinski definition) is 3. The van der Waals surface area contributed by atoms with Crippen LogP contribution in [0.25, 0.3) is 11.5 Å². The van der Waals surface area contributed by atoms with Gasteiger partial charge in [-0.3, -0.25) is 0 Å². The SMILES string of the molecule is Fc1cc(-c2nnc(C3CCCC3)o2)ccc1Br. The number of nitrogens with zero attached hydrogens (tertiary/aromatic N) is 2. The Morgan fingerprint density at radius 3 is 2.72 bits per heavy atom. The molecule has 1 aromatic carbocycles. The standard InChI is InChI=1S/C13H12BrFN2O/c14-10-6-5-9(7-11(10)15)13-17-16-12(18-13)8-3-1-2-4-8/h5-8H,1-4H2. The molecule has 1 aliphatic rings. The Morgan fingerprint density at radius 2 is 2.00 bits per heavy atom. The zero-order valence-electron chi connectivity index (χ0n) is 9.70. The molecule has 94 valence electrons. The van der Waals surface area contributed by atoms with Gasteiger partial charge in [-0.2, -0.15) is 0 Å². The van der Waals surface area contributed by atoms with Crippen LogP contribution in [0.3, 0.4) is 0 Å². The maximum Gasteiger partial charge on any atom is 0.247 e. The second kappa shape index (κ2) is 4.80. The Morgan fingerprint density at radius 1 is 1.22 bits per heavy atom. The van der Waals surface area contributed by atoms with Crippen molar-refractivity contribution in [3.63, 3.8) is 0 Å². The number of aromatic nitrogens is 2. The Bertz CT molecular complexity index is 564. The minimum Gasteiger partial charge on any atom is -0.420 e. The van der Waals surface area contributed by atoms with Crippen LogP contribution in [0.15, 0.2) is 27.1 Å². The van der Waals surface area contributed by atoms with Crippen molar-refractivity contribution in [1.29, 1.82) is 0 Å². The number of hydrogen-bond donors (Lipinski definition) is 0. The van der Waals surface area contributed by atoms with Gasteiger partial charge in [0.05, 0.1) is 4.47 Å². The van der Waals surface area contributed by atoms with Crippen molar-refractivity contribution in [2.24, 2.45) is 0 Å². The summed E-state index contributed by atoms with van der Waals surface area (Å²) in [6.07, 6.45) is 4.65. The van der Waals surface area contributed by atoms with Gasteiger partial charge >= 0.3 is 0 Å². The number of halogens is 2. The van der Waals surface area contributed by atoms with E-state index in [1.54, 1.807) is 12.1 Å². The van der Waals surface area contributed by atoms with E-state index < -0.39 is 0 Å². The second-order valence-corrected chi connectivity index (χ2v) is 5.41. The van der Waals surface area contributed by atoms with Crippen molar-refractivity contribution in [3.05, 3.63) is 34.4 Å². The van der Waals surface area contributed by atoms with Gasteiger partial charge in [0, 0.05) is 11.5 Å². The first-order valence-electron chi connectivity index (χ1n) is 6.03. The second-order valence-electron chi connectivity index (χ2n) is 4.56. The summed E-state index contributed by atoms with van der Waals surface area (Å²) in [6.45, 7) is 0.